The fourth-order valence-corrected chi connectivity index (χ4v) is 8.00. The van der Waals surface area contributed by atoms with E-state index in [1.54, 1.807) is 0 Å². The lowest BCUT2D eigenvalue weighted by Crippen LogP contribution is -2.30. The number of carbonyl (C=O) groups excluding carboxylic acids is 2. The van der Waals surface area contributed by atoms with Crippen molar-refractivity contribution in [1.29, 1.82) is 0 Å². The average molecular weight is 922 g/mol. The van der Waals surface area contributed by atoms with Crippen molar-refractivity contribution in [3.63, 3.8) is 0 Å². The Morgan fingerprint density at radius 3 is 1.12 bits per heavy atom. The Balaban J connectivity index is 4.27. The first-order chi connectivity index (χ1) is 32.6. The van der Waals surface area contributed by atoms with E-state index in [-0.39, 0.29) is 25.2 Å². The highest BCUT2D eigenvalue weighted by Gasteiger charge is 2.17. The quantitative estimate of drug-likeness (QED) is 0.0346. The lowest BCUT2D eigenvalue weighted by molar-refractivity contribution is -0.163. The average Bonchev–Trinajstić information content (AvgIpc) is 3.32. The highest BCUT2D eigenvalue weighted by molar-refractivity contribution is 5.70. The molecule has 1 unspecified atom stereocenters. The van der Waals surface area contributed by atoms with Crippen molar-refractivity contribution in [2.45, 2.75) is 284 Å². The summed E-state index contributed by atoms with van der Waals surface area (Å²) in [6.45, 7) is 7.69. The molecule has 0 aromatic carbocycles. The molecule has 5 nitrogen and oxygen atoms in total. The summed E-state index contributed by atoms with van der Waals surface area (Å²) in [6, 6.07) is 0. The third-order valence-corrected chi connectivity index (χ3v) is 12.2. The molecule has 0 aromatic heterocycles. The van der Waals surface area contributed by atoms with E-state index < -0.39 is 6.10 Å². The highest BCUT2D eigenvalue weighted by Crippen LogP contribution is 2.15. The van der Waals surface area contributed by atoms with Gasteiger partial charge in [0.1, 0.15) is 6.61 Å². The molecule has 0 bridgehead atoms. The minimum atomic E-state index is -0.546. The van der Waals surface area contributed by atoms with Crippen molar-refractivity contribution in [2.75, 3.05) is 19.8 Å². The molecule has 0 saturated heterocycles. The predicted octanol–water partition coefficient (Wildman–Crippen LogP) is 19.5. The summed E-state index contributed by atoms with van der Waals surface area (Å²) in [5, 5.41) is 0. The van der Waals surface area contributed by atoms with Gasteiger partial charge < -0.3 is 14.2 Å². The predicted molar refractivity (Wildman–Crippen MR) is 288 cm³/mol. The highest BCUT2D eigenvalue weighted by atomic mass is 16.6. The van der Waals surface area contributed by atoms with Gasteiger partial charge in [-0.2, -0.15) is 0 Å². The normalized spacial score (nSPS) is 12.7. The van der Waals surface area contributed by atoms with Gasteiger partial charge in [-0.15, -0.1) is 0 Å². The summed E-state index contributed by atoms with van der Waals surface area (Å²) in [7, 11) is 0. The Morgan fingerprint density at radius 1 is 0.348 bits per heavy atom. The van der Waals surface area contributed by atoms with Gasteiger partial charge in [0.25, 0.3) is 0 Å². The maximum absolute atomic E-state index is 12.8. The third-order valence-electron chi connectivity index (χ3n) is 12.2. The number of rotatable bonds is 52. The van der Waals surface area contributed by atoms with E-state index in [4.69, 9.17) is 14.2 Å². The van der Waals surface area contributed by atoms with Gasteiger partial charge in [-0.25, -0.2) is 0 Å². The van der Waals surface area contributed by atoms with Crippen molar-refractivity contribution < 1.29 is 23.8 Å². The van der Waals surface area contributed by atoms with Gasteiger partial charge in [0.05, 0.1) is 6.61 Å². The first kappa shape index (κ1) is 63.3. The number of esters is 2. The molecule has 0 saturated carbocycles. The molecule has 0 aliphatic carbocycles. The first-order valence-electron chi connectivity index (χ1n) is 28.5. The molecule has 1 atom stereocenters. The van der Waals surface area contributed by atoms with Crippen LogP contribution < -0.4 is 0 Å². The lowest BCUT2D eigenvalue weighted by atomic mass is 10.0. The molecule has 382 valence electrons. The van der Waals surface area contributed by atoms with Crippen LogP contribution in [0.2, 0.25) is 0 Å². The van der Waals surface area contributed by atoms with Crippen LogP contribution in [0, 0.1) is 0 Å². The number of carbonyl (C=O) groups is 2. The van der Waals surface area contributed by atoms with Crippen LogP contribution in [0.25, 0.3) is 0 Å². The van der Waals surface area contributed by atoms with E-state index in [9.17, 15) is 9.59 Å². The molecule has 0 radical (unpaired) electrons. The Bertz CT molecular complexity index is 1180. The zero-order chi connectivity index (χ0) is 47.7. The summed E-state index contributed by atoms with van der Waals surface area (Å²) in [6.07, 6.45) is 73.4. The topological polar surface area (TPSA) is 61.8 Å². The van der Waals surface area contributed by atoms with Crippen LogP contribution in [-0.4, -0.2) is 37.9 Å². The number of hydrogen-bond donors (Lipinski definition) is 0. The SMILES string of the molecule is CC/C=C\C/C=C\C/C=C\C/C=C\CCCCCCCCCOCC(COC(=O)CCCCCCCCC/C=C\C/C=C\CCCCC)OC(=O)CCCCCCCCCCCCCCC. The van der Waals surface area contributed by atoms with Crippen molar-refractivity contribution in [2.24, 2.45) is 0 Å². The summed E-state index contributed by atoms with van der Waals surface area (Å²) < 4.78 is 17.5. The molecular weight excluding hydrogens is 813 g/mol. The largest absolute Gasteiger partial charge is 0.462 e. The molecule has 0 heterocycles. The fourth-order valence-electron chi connectivity index (χ4n) is 8.00. The summed E-state index contributed by atoms with van der Waals surface area (Å²) in [5.74, 6) is -0.403. The Hall–Kier alpha value is -2.66. The third kappa shape index (κ3) is 54.0. The van der Waals surface area contributed by atoms with E-state index in [1.807, 2.05) is 0 Å². The van der Waals surface area contributed by atoms with Gasteiger partial charge in [0.2, 0.25) is 0 Å². The zero-order valence-corrected chi connectivity index (χ0v) is 44.0. The molecule has 0 aliphatic heterocycles. The molecule has 0 N–H and O–H groups in total. The smallest absolute Gasteiger partial charge is 0.306 e. The molecule has 0 spiro atoms. The van der Waals surface area contributed by atoms with Crippen molar-refractivity contribution in [3.8, 4) is 0 Å². The second-order valence-electron chi connectivity index (χ2n) is 18.8. The van der Waals surface area contributed by atoms with Gasteiger partial charge in [-0.3, -0.25) is 9.59 Å². The standard InChI is InChI=1S/C61H108O5/c1-4-7-10-13-16-19-22-25-27-29-30-31-33-35-38-41-44-47-50-53-56-64-57-59(66-61(63)55-52-49-46-43-40-36-24-21-18-15-12-9-6-3)58-65-60(62)54-51-48-45-42-39-37-34-32-28-26-23-20-17-14-11-8-5-2/h7,10,16-17,19-20,25-28,30-31,59H,4-6,8-9,11-15,18,21-24,29,32-58H2,1-3H3/b10-7-,19-16-,20-17-,27-25-,28-26-,31-30-. The monoisotopic (exact) mass is 921 g/mol. The minimum Gasteiger partial charge on any atom is -0.462 e. The van der Waals surface area contributed by atoms with E-state index in [1.165, 1.54) is 167 Å². The number of hydrogen-bond acceptors (Lipinski definition) is 5. The summed E-state index contributed by atoms with van der Waals surface area (Å²) >= 11 is 0. The van der Waals surface area contributed by atoms with Crippen LogP contribution in [0.5, 0.6) is 0 Å². The maximum atomic E-state index is 12.8. The number of unbranched alkanes of at least 4 members (excludes halogenated alkanes) is 29. The van der Waals surface area contributed by atoms with Crippen LogP contribution in [0.15, 0.2) is 72.9 Å². The van der Waals surface area contributed by atoms with Crippen molar-refractivity contribution >= 4 is 11.9 Å². The van der Waals surface area contributed by atoms with Crippen LogP contribution in [0.1, 0.15) is 278 Å². The Kier molecular flexibility index (Phi) is 54.4. The van der Waals surface area contributed by atoms with Gasteiger partial charge >= 0.3 is 11.9 Å². The van der Waals surface area contributed by atoms with Crippen LogP contribution in [0.3, 0.4) is 0 Å². The Labute approximate surface area is 410 Å². The van der Waals surface area contributed by atoms with Gasteiger partial charge in [-0.05, 0) is 89.9 Å². The van der Waals surface area contributed by atoms with Crippen LogP contribution in [-0.2, 0) is 23.8 Å². The van der Waals surface area contributed by atoms with E-state index in [2.05, 4.69) is 93.7 Å². The molecular formula is C61H108O5. The van der Waals surface area contributed by atoms with Crippen LogP contribution >= 0.6 is 0 Å². The lowest BCUT2D eigenvalue weighted by Gasteiger charge is -2.18. The van der Waals surface area contributed by atoms with E-state index in [0.717, 1.165) is 77.0 Å². The zero-order valence-electron chi connectivity index (χ0n) is 44.0. The molecule has 5 heteroatoms. The van der Waals surface area contributed by atoms with Crippen molar-refractivity contribution in [3.05, 3.63) is 72.9 Å². The molecule has 66 heavy (non-hydrogen) atoms. The first-order valence-corrected chi connectivity index (χ1v) is 28.5. The van der Waals surface area contributed by atoms with E-state index in [0.29, 0.717) is 19.4 Å². The minimum absolute atomic E-state index is 0.0772. The number of allylic oxidation sites excluding steroid dienone is 12. The second kappa shape index (κ2) is 56.7. The molecule has 0 fully saturated rings. The van der Waals surface area contributed by atoms with Gasteiger partial charge in [-0.1, -0.05) is 248 Å². The fraction of sp³-hybridized carbons (Fsp3) is 0.770. The Morgan fingerprint density at radius 2 is 0.682 bits per heavy atom. The molecule has 0 aromatic rings. The van der Waals surface area contributed by atoms with Crippen LogP contribution in [0.4, 0.5) is 0 Å². The molecule has 0 amide bonds. The summed E-state index contributed by atoms with van der Waals surface area (Å²) in [5.41, 5.74) is 0. The number of ether oxygens (including phenoxy) is 3. The van der Waals surface area contributed by atoms with Crippen molar-refractivity contribution in [1.82, 2.24) is 0 Å². The van der Waals surface area contributed by atoms with Gasteiger partial charge in [0, 0.05) is 19.4 Å². The maximum Gasteiger partial charge on any atom is 0.306 e. The summed E-state index contributed by atoms with van der Waals surface area (Å²) in [4.78, 5) is 25.5. The van der Waals surface area contributed by atoms with E-state index >= 15 is 0 Å². The van der Waals surface area contributed by atoms with Gasteiger partial charge in [0.15, 0.2) is 6.10 Å². The second-order valence-corrected chi connectivity index (χ2v) is 18.8. The molecule has 0 rings (SSSR count). The molecule has 0 aliphatic rings.